The first kappa shape index (κ1) is 17.6. The summed E-state index contributed by atoms with van der Waals surface area (Å²) in [7, 11) is 3.62. The molecule has 1 aromatic rings. The number of fused-ring (bicyclic) bond motifs is 1. The Hall–Kier alpha value is -1.79. The number of nitrogens with one attached hydrogen (secondary N) is 1. The molecule has 0 saturated heterocycles. The minimum atomic E-state index is -0.220. The van der Waals surface area contributed by atoms with Gasteiger partial charge in [0.2, 0.25) is 5.91 Å². The second kappa shape index (κ2) is 8.74. The number of methoxy groups -OCH3 is 1. The number of likely N-dealkylation sites (N-methyl/N-ethyl adjacent to an activating group) is 1. The number of amides is 1. The number of carbonyl (C=O) groups excluding carboxylic acids is 1. The van der Waals surface area contributed by atoms with Crippen LogP contribution in [-0.4, -0.2) is 57.4 Å². The molecule has 0 fully saturated rings. The van der Waals surface area contributed by atoms with E-state index < -0.39 is 0 Å². The van der Waals surface area contributed by atoms with Gasteiger partial charge in [-0.3, -0.25) is 9.69 Å². The second-order valence-electron chi connectivity index (χ2n) is 5.70. The van der Waals surface area contributed by atoms with Gasteiger partial charge < -0.3 is 19.5 Å². The fourth-order valence-electron chi connectivity index (χ4n) is 2.34. The molecule has 2 rings (SSSR count). The number of rotatable bonds is 7. The van der Waals surface area contributed by atoms with Crippen molar-refractivity contribution in [1.82, 2.24) is 4.90 Å². The molecule has 0 spiro atoms. The van der Waals surface area contributed by atoms with Crippen molar-refractivity contribution in [3.8, 4) is 11.5 Å². The molecular weight excluding hydrogens is 296 g/mol. The average Bonchev–Trinajstić information content (AvgIpc) is 2.79. The summed E-state index contributed by atoms with van der Waals surface area (Å²) in [5.41, 5.74) is 0.719. The molecule has 0 radical (unpaired) electrons. The number of nitrogens with zero attached hydrogens (tertiary/aromatic N) is 1. The van der Waals surface area contributed by atoms with Crippen molar-refractivity contribution in [2.75, 3.05) is 45.8 Å². The van der Waals surface area contributed by atoms with Crippen LogP contribution >= 0.6 is 0 Å². The van der Waals surface area contributed by atoms with E-state index in [9.17, 15) is 4.79 Å². The predicted octanol–water partition coefficient (Wildman–Crippen LogP) is 2.14. The molecule has 23 heavy (non-hydrogen) atoms. The molecular formula is C17H26N2O4. The third kappa shape index (κ3) is 5.11. The van der Waals surface area contributed by atoms with Gasteiger partial charge in [0.1, 0.15) is 0 Å². The number of benzene rings is 1. The normalized spacial score (nSPS) is 15.1. The number of hydrogen-bond acceptors (Lipinski definition) is 5. The minimum Gasteiger partial charge on any atom is -0.490 e. The largest absolute Gasteiger partial charge is 0.490 e. The SMILES string of the molecule is COCCCN(C)C(C)C(=O)Nc1ccc2c(c1)OCCCO2. The Labute approximate surface area is 137 Å². The van der Waals surface area contributed by atoms with Crippen LogP contribution in [0.4, 0.5) is 5.69 Å². The van der Waals surface area contributed by atoms with Gasteiger partial charge in [0.15, 0.2) is 11.5 Å². The summed E-state index contributed by atoms with van der Waals surface area (Å²) in [6.07, 6.45) is 1.76. The van der Waals surface area contributed by atoms with Gasteiger partial charge in [-0.2, -0.15) is 0 Å². The highest BCUT2D eigenvalue weighted by Gasteiger charge is 2.19. The minimum absolute atomic E-state index is 0.0422. The molecule has 0 aliphatic carbocycles. The molecule has 1 atom stereocenters. The summed E-state index contributed by atoms with van der Waals surface area (Å²) in [5, 5.41) is 2.94. The van der Waals surface area contributed by atoms with E-state index in [0.29, 0.717) is 25.6 Å². The van der Waals surface area contributed by atoms with Crippen LogP contribution in [0.2, 0.25) is 0 Å². The summed E-state index contributed by atoms with van der Waals surface area (Å²) in [6.45, 7) is 4.68. The number of hydrogen-bond donors (Lipinski definition) is 1. The van der Waals surface area contributed by atoms with Crippen LogP contribution in [0.5, 0.6) is 11.5 Å². The van der Waals surface area contributed by atoms with Gasteiger partial charge in [0, 0.05) is 38.4 Å². The summed E-state index contributed by atoms with van der Waals surface area (Å²) >= 11 is 0. The Kier molecular flexibility index (Phi) is 6.67. The highest BCUT2D eigenvalue weighted by atomic mass is 16.5. The molecule has 1 unspecified atom stereocenters. The summed E-state index contributed by atoms with van der Waals surface area (Å²) in [6, 6.07) is 5.27. The lowest BCUT2D eigenvalue weighted by molar-refractivity contribution is -0.120. The van der Waals surface area contributed by atoms with Crippen LogP contribution in [0.3, 0.4) is 0 Å². The lowest BCUT2D eigenvalue weighted by atomic mass is 10.2. The van der Waals surface area contributed by atoms with E-state index in [2.05, 4.69) is 5.32 Å². The van der Waals surface area contributed by atoms with Crippen LogP contribution in [0.1, 0.15) is 19.8 Å². The zero-order valence-electron chi connectivity index (χ0n) is 14.1. The van der Waals surface area contributed by atoms with Crippen molar-refractivity contribution < 1.29 is 19.0 Å². The van der Waals surface area contributed by atoms with E-state index >= 15 is 0 Å². The first-order valence-electron chi connectivity index (χ1n) is 8.01. The Morgan fingerprint density at radius 1 is 1.35 bits per heavy atom. The lowest BCUT2D eigenvalue weighted by Gasteiger charge is -2.23. The van der Waals surface area contributed by atoms with Crippen molar-refractivity contribution in [1.29, 1.82) is 0 Å². The smallest absolute Gasteiger partial charge is 0.241 e. The fraction of sp³-hybridized carbons (Fsp3) is 0.588. The van der Waals surface area contributed by atoms with Crippen LogP contribution in [0.15, 0.2) is 18.2 Å². The molecule has 1 aliphatic rings. The van der Waals surface area contributed by atoms with Crippen molar-refractivity contribution in [2.45, 2.75) is 25.8 Å². The zero-order chi connectivity index (χ0) is 16.7. The predicted molar refractivity (Wildman–Crippen MR) is 89.3 cm³/mol. The van der Waals surface area contributed by atoms with Crippen molar-refractivity contribution in [3.05, 3.63) is 18.2 Å². The number of ether oxygens (including phenoxy) is 3. The topological polar surface area (TPSA) is 60.0 Å². The van der Waals surface area contributed by atoms with E-state index in [1.165, 1.54) is 0 Å². The van der Waals surface area contributed by atoms with Crippen LogP contribution in [0, 0.1) is 0 Å². The summed E-state index contributed by atoms with van der Waals surface area (Å²) < 4.78 is 16.3. The molecule has 1 aromatic carbocycles. The molecule has 1 heterocycles. The Morgan fingerprint density at radius 2 is 2.09 bits per heavy atom. The Balaban J connectivity index is 1.93. The third-order valence-electron chi connectivity index (χ3n) is 3.91. The van der Waals surface area contributed by atoms with E-state index in [0.717, 1.165) is 30.8 Å². The molecule has 1 aliphatic heterocycles. The van der Waals surface area contributed by atoms with Gasteiger partial charge in [-0.1, -0.05) is 0 Å². The Morgan fingerprint density at radius 3 is 2.83 bits per heavy atom. The van der Waals surface area contributed by atoms with Crippen LogP contribution in [-0.2, 0) is 9.53 Å². The van der Waals surface area contributed by atoms with Crippen molar-refractivity contribution in [3.63, 3.8) is 0 Å². The standard InChI is InChI=1S/C17H26N2O4/c1-13(19(2)8-4-9-21-3)17(20)18-14-6-7-15-16(12-14)23-11-5-10-22-15/h6-7,12-13H,4-5,8-11H2,1-3H3,(H,18,20). The van der Waals surface area contributed by atoms with Gasteiger partial charge in [-0.15, -0.1) is 0 Å². The highest BCUT2D eigenvalue weighted by Crippen LogP contribution is 2.32. The quantitative estimate of drug-likeness (QED) is 0.780. The van der Waals surface area contributed by atoms with Crippen molar-refractivity contribution >= 4 is 11.6 Å². The van der Waals surface area contributed by atoms with Gasteiger partial charge >= 0.3 is 0 Å². The van der Waals surface area contributed by atoms with Crippen LogP contribution in [0.25, 0.3) is 0 Å². The molecule has 6 nitrogen and oxygen atoms in total. The van der Waals surface area contributed by atoms with Gasteiger partial charge in [0.25, 0.3) is 0 Å². The van der Waals surface area contributed by atoms with E-state index in [1.807, 2.05) is 37.1 Å². The van der Waals surface area contributed by atoms with E-state index in [4.69, 9.17) is 14.2 Å². The molecule has 128 valence electrons. The maximum absolute atomic E-state index is 12.4. The third-order valence-corrected chi connectivity index (χ3v) is 3.91. The number of carbonyl (C=O) groups is 1. The first-order valence-corrected chi connectivity index (χ1v) is 8.01. The van der Waals surface area contributed by atoms with Crippen molar-refractivity contribution in [2.24, 2.45) is 0 Å². The molecule has 0 bridgehead atoms. The molecule has 0 aromatic heterocycles. The molecule has 0 saturated carbocycles. The highest BCUT2D eigenvalue weighted by molar-refractivity contribution is 5.94. The average molecular weight is 322 g/mol. The van der Waals surface area contributed by atoms with Gasteiger partial charge in [0.05, 0.1) is 19.3 Å². The fourth-order valence-corrected chi connectivity index (χ4v) is 2.34. The summed E-state index contributed by atoms with van der Waals surface area (Å²) in [5.74, 6) is 1.37. The lowest BCUT2D eigenvalue weighted by Crippen LogP contribution is -2.40. The zero-order valence-corrected chi connectivity index (χ0v) is 14.1. The molecule has 6 heteroatoms. The monoisotopic (exact) mass is 322 g/mol. The second-order valence-corrected chi connectivity index (χ2v) is 5.70. The molecule has 1 N–H and O–H groups in total. The Bertz CT molecular complexity index is 521. The van der Waals surface area contributed by atoms with Gasteiger partial charge in [-0.05, 0) is 32.5 Å². The van der Waals surface area contributed by atoms with Crippen LogP contribution < -0.4 is 14.8 Å². The molecule has 1 amide bonds. The maximum Gasteiger partial charge on any atom is 0.241 e. The van der Waals surface area contributed by atoms with E-state index in [-0.39, 0.29) is 11.9 Å². The summed E-state index contributed by atoms with van der Waals surface area (Å²) in [4.78, 5) is 14.4. The number of anilines is 1. The van der Waals surface area contributed by atoms with Gasteiger partial charge in [-0.25, -0.2) is 0 Å². The first-order chi connectivity index (χ1) is 11.1. The maximum atomic E-state index is 12.4. The van der Waals surface area contributed by atoms with E-state index in [1.54, 1.807) is 7.11 Å².